The lowest BCUT2D eigenvalue weighted by Crippen LogP contribution is -2.30. The second-order valence-electron chi connectivity index (χ2n) is 5.94. The molecule has 0 amide bonds. The van der Waals surface area contributed by atoms with E-state index in [0.717, 1.165) is 19.3 Å². The van der Waals surface area contributed by atoms with Crippen LogP contribution in [0.4, 0.5) is 0 Å². The van der Waals surface area contributed by atoms with Crippen molar-refractivity contribution in [2.24, 2.45) is 0 Å². The lowest BCUT2D eigenvalue weighted by molar-refractivity contribution is -0.165. The van der Waals surface area contributed by atoms with E-state index in [2.05, 4.69) is 6.92 Å². The van der Waals surface area contributed by atoms with E-state index >= 15 is 0 Å². The van der Waals surface area contributed by atoms with Gasteiger partial charge in [0.2, 0.25) is 0 Å². The maximum Gasteiger partial charge on any atom is 0.306 e. The summed E-state index contributed by atoms with van der Waals surface area (Å²) >= 11 is 0. The van der Waals surface area contributed by atoms with Gasteiger partial charge >= 0.3 is 17.9 Å². The van der Waals surface area contributed by atoms with Gasteiger partial charge in [-0.05, 0) is 6.42 Å². The van der Waals surface area contributed by atoms with E-state index in [0.29, 0.717) is 6.42 Å². The lowest BCUT2D eigenvalue weighted by Gasteiger charge is -2.17. The number of hydrogen-bond acceptors (Lipinski definition) is 6. The highest BCUT2D eigenvalue weighted by Crippen LogP contribution is 2.10. The number of ether oxygens (including phenoxy) is 3. The molecule has 0 aromatic heterocycles. The summed E-state index contributed by atoms with van der Waals surface area (Å²) in [5.74, 6) is -1.30. The zero-order valence-corrected chi connectivity index (χ0v) is 15.3. The van der Waals surface area contributed by atoms with Crippen molar-refractivity contribution < 1.29 is 28.6 Å². The summed E-state index contributed by atoms with van der Waals surface area (Å²) in [5, 5.41) is 0. The fourth-order valence-electron chi connectivity index (χ4n) is 2.18. The van der Waals surface area contributed by atoms with Crippen LogP contribution in [0.15, 0.2) is 0 Å². The quantitative estimate of drug-likeness (QED) is 0.272. The van der Waals surface area contributed by atoms with Crippen molar-refractivity contribution in [2.75, 3.05) is 13.2 Å². The Morgan fingerprint density at radius 1 is 0.750 bits per heavy atom. The van der Waals surface area contributed by atoms with Crippen LogP contribution in [0.3, 0.4) is 0 Å². The Hall–Kier alpha value is -1.59. The molecule has 0 spiro atoms. The van der Waals surface area contributed by atoms with Crippen LogP contribution in [0, 0.1) is 0 Å². The van der Waals surface area contributed by atoms with Gasteiger partial charge in [-0.25, -0.2) is 0 Å². The smallest absolute Gasteiger partial charge is 0.306 e. The average Bonchev–Trinajstić information content (AvgIpc) is 2.52. The average molecular weight is 344 g/mol. The van der Waals surface area contributed by atoms with Crippen LogP contribution in [0.1, 0.15) is 78.6 Å². The summed E-state index contributed by atoms with van der Waals surface area (Å²) in [4.78, 5) is 33.5. The van der Waals surface area contributed by atoms with E-state index in [-0.39, 0.29) is 19.2 Å². The molecule has 0 aliphatic carbocycles. The molecule has 0 aromatic carbocycles. The SMILES string of the molecule is CCCCCCCCCCC(=O)OC(COC(C)=O)COC(C)=O. The first kappa shape index (κ1) is 22.4. The Labute approximate surface area is 145 Å². The van der Waals surface area contributed by atoms with Gasteiger partial charge in [0, 0.05) is 20.3 Å². The summed E-state index contributed by atoms with van der Waals surface area (Å²) in [7, 11) is 0. The highest BCUT2D eigenvalue weighted by Gasteiger charge is 2.17. The normalized spacial score (nSPS) is 10.5. The van der Waals surface area contributed by atoms with E-state index in [1.54, 1.807) is 0 Å². The van der Waals surface area contributed by atoms with E-state index in [4.69, 9.17) is 14.2 Å². The van der Waals surface area contributed by atoms with Crippen molar-refractivity contribution in [3.8, 4) is 0 Å². The molecule has 0 aliphatic rings. The molecule has 0 aliphatic heterocycles. The number of carbonyl (C=O) groups is 3. The summed E-state index contributed by atoms with van der Waals surface area (Å²) in [6, 6.07) is 0. The molecule has 140 valence electrons. The molecule has 0 radical (unpaired) electrons. The summed E-state index contributed by atoms with van der Waals surface area (Å²) in [6.07, 6.45) is 8.76. The third kappa shape index (κ3) is 15.3. The van der Waals surface area contributed by atoms with Gasteiger partial charge in [-0.1, -0.05) is 51.9 Å². The molecule has 0 unspecified atom stereocenters. The minimum Gasteiger partial charge on any atom is -0.462 e. The van der Waals surface area contributed by atoms with Gasteiger partial charge in [0.15, 0.2) is 6.10 Å². The standard InChI is InChI=1S/C18H32O6/c1-4-5-6-7-8-9-10-11-12-18(21)24-17(13-22-15(2)19)14-23-16(3)20/h17H,4-14H2,1-3H3. The number of hydrogen-bond donors (Lipinski definition) is 0. The molecule has 0 fully saturated rings. The monoisotopic (exact) mass is 344 g/mol. The largest absolute Gasteiger partial charge is 0.462 e. The fraction of sp³-hybridized carbons (Fsp3) is 0.833. The highest BCUT2D eigenvalue weighted by atomic mass is 16.6. The van der Waals surface area contributed by atoms with Crippen molar-refractivity contribution >= 4 is 17.9 Å². The molecule has 24 heavy (non-hydrogen) atoms. The van der Waals surface area contributed by atoms with Crippen molar-refractivity contribution in [3.63, 3.8) is 0 Å². The predicted octanol–water partition coefficient (Wildman–Crippen LogP) is 3.56. The van der Waals surface area contributed by atoms with Crippen LogP contribution in [-0.4, -0.2) is 37.2 Å². The minimum atomic E-state index is -0.751. The van der Waals surface area contributed by atoms with Crippen molar-refractivity contribution in [1.29, 1.82) is 0 Å². The summed E-state index contributed by atoms with van der Waals surface area (Å²) in [5.41, 5.74) is 0. The third-order valence-corrected chi connectivity index (χ3v) is 3.48. The summed E-state index contributed by atoms with van der Waals surface area (Å²) in [6.45, 7) is 4.52. The Kier molecular flexibility index (Phi) is 14.0. The van der Waals surface area contributed by atoms with Gasteiger partial charge < -0.3 is 14.2 Å². The molecule has 0 heterocycles. The number of carbonyl (C=O) groups excluding carboxylic acids is 3. The maximum absolute atomic E-state index is 11.8. The molecule has 0 saturated heterocycles. The molecule has 0 N–H and O–H groups in total. The molecule has 6 nitrogen and oxygen atoms in total. The lowest BCUT2D eigenvalue weighted by atomic mass is 10.1. The second kappa shape index (κ2) is 15.0. The van der Waals surface area contributed by atoms with Crippen LogP contribution in [0.5, 0.6) is 0 Å². The molecular formula is C18H32O6. The van der Waals surface area contributed by atoms with Gasteiger partial charge in [0.1, 0.15) is 13.2 Å². The third-order valence-electron chi connectivity index (χ3n) is 3.48. The van der Waals surface area contributed by atoms with E-state index in [1.807, 2.05) is 0 Å². The number of esters is 3. The van der Waals surface area contributed by atoms with E-state index < -0.39 is 18.0 Å². The molecular weight excluding hydrogens is 312 g/mol. The van der Waals surface area contributed by atoms with Gasteiger partial charge in [-0.3, -0.25) is 14.4 Å². The Balaban J connectivity index is 3.86. The Morgan fingerprint density at radius 3 is 1.67 bits per heavy atom. The number of unbranched alkanes of at least 4 members (excludes halogenated alkanes) is 7. The fourth-order valence-corrected chi connectivity index (χ4v) is 2.18. The second-order valence-corrected chi connectivity index (χ2v) is 5.94. The van der Waals surface area contributed by atoms with Crippen LogP contribution < -0.4 is 0 Å². The first-order valence-corrected chi connectivity index (χ1v) is 8.91. The molecule has 0 bridgehead atoms. The first-order valence-electron chi connectivity index (χ1n) is 8.91. The van der Waals surface area contributed by atoms with Gasteiger partial charge in [0.05, 0.1) is 0 Å². The zero-order chi connectivity index (χ0) is 18.2. The van der Waals surface area contributed by atoms with Crippen LogP contribution in [0.25, 0.3) is 0 Å². The Bertz CT molecular complexity index is 349. The van der Waals surface area contributed by atoms with Crippen molar-refractivity contribution in [3.05, 3.63) is 0 Å². The molecule has 0 rings (SSSR count). The molecule has 0 aromatic rings. The molecule has 0 saturated carbocycles. The van der Waals surface area contributed by atoms with Gasteiger partial charge in [-0.15, -0.1) is 0 Å². The zero-order valence-electron chi connectivity index (χ0n) is 15.3. The van der Waals surface area contributed by atoms with Crippen LogP contribution >= 0.6 is 0 Å². The number of rotatable bonds is 14. The van der Waals surface area contributed by atoms with Crippen LogP contribution in [-0.2, 0) is 28.6 Å². The highest BCUT2D eigenvalue weighted by molar-refractivity contribution is 5.70. The first-order chi connectivity index (χ1) is 11.5. The molecule has 0 atom stereocenters. The summed E-state index contributed by atoms with van der Waals surface area (Å²) < 4.78 is 14.9. The molecule has 6 heteroatoms. The Morgan fingerprint density at radius 2 is 1.21 bits per heavy atom. The maximum atomic E-state index is 11.8. The van der Waals surface area contributed by atoms with Gasteiger partial charge in [0.25, 0.3) is 0 Å². The van der Waals surface area contributed by atoms with Crippen molar-refractivity contribution in [2.45, 2.75) is 84.7 Å². The van der Waals surface area contributed by atoms with E-state index in [9.17, 15) is 14.4 Å². The van der Waals surface area contributed by atoms with Crippen LogP contribution in [0.2, 0.25) is 0 Å². The predicted molar refractivity (Wildman–Crippen MR) is 90.4 cm³/mol. The van der Waals surface area contributed by atoms with E-state index in [1.165, 1.54) is 46.0 Å². The van der Waals surface area contributed by atoms with Gasteiger partial charge in [-0.2, -0.15) is 0 Å². The topological polar surface area (TPSA) is 78.9 Å². The minimum absolute atomic E-state index is 0.105. The van der Waals surface area contributed by atoms with Crippen molar-refractivity contribution in [1.82, 2.24) is 0 Å².